The molecule has 0 aliphatic carbocycles. The molecule has 144 valence electrons. The first-order valence-corrected chi connectivity index (χ1v) is 11.0. The van der Waals surface area contributed by atoms with E-state index in [1.165, 1.54) is 9.87 Å². The number of hydrogen-bond acceptors (Lipinski definition) is 3. The molecular formula is C21H26N2O3S. The molecule has 1 aliphatic heterocycles. The predicted molar refractivity (Wildman–Crippen MR) is 110 cm³/mol. The van der Waals surface area contributed by atoms with Crippen LogP contribution in [0.5, 0.6) is 0 Å². The van der Waals surface area contributed by atoms with E-state index >= 15 is 0 Å². The van der Waals surface area contributed by atoms with Gasteiger partial charge in [-0.2, -0.15) is 0 Å². The molecular weight excluding hydrogens is 360 g/mol. The smallest absolute Gasteiger partial charge is 0.235 e. The zero-order chi connectivity index (χ0) is 19.3. The van der Waals surface area contributed by atoms with Crippen LogP contribution in [-0.2, 0) is 21.2 Å². The number of amides is 1. The number of benzene rings is 2. The molecule has 1 N–H and O–H groups in total. The Kier molecular flexibility index (Phi) is 6.16. The van der Waals surface area contributed by atoms with Gasteiger partial charge in [0.05, 0.1) is 11.4 Å². The van der Waals surface area contributed by atoms with Gasteiger partial charge < -0.3 is 5.32 Å². The highest BCUT2D eigenvalue weighted by atomic mass is 32.2. The standard InChI is InChI=1S/C21H26N2O3S/c1-17-12-13-19(23-14-7-15-27(23,25)26)16-20(17)22-21(24)11-6-5-10-18-8-3-2-4-9-18/h2-4,8-9,12-13,16H,5-7,10-11,14-15H2,1H3,(H,22,24). The van der Waals surface area contributed by atoms with Crippen molar-refractivity contribution in [1.82, 2.24) is 0 Å². The third kappa shape index (κ3) is 5.10. The molecule has 27 heavy (non-hydrogen) atoms. The van der Waals surface area contributed by atoms with Crippen molar-refractivity contribution >= 4 is 27.3 Å². The average molecular weight is 387 g/mol. The second kappa shape index (κ2) is 8.57. The minimum atomic E-state index is -3.22. The van der Waals surface area contributed by atoms with E-state index in [0.717, 1.165) is 24.8 Å². The van der Waals surface area contributed by atoms with Crippen molar-refractivity contribution in [2.75, 3.05) is 21.9 Å². The summed E-state index contributed by atoms with van der Waals surface area (Å²) in [6.07, 6.45) is 3.84. The molecule has 1 heterocycles. The Morgan fingerprint density at radius 1 is 1.11 bits per heavy atom. The van der Waals surface area contributed by atoms with E-state index in [9.17, 15) is 13.2 Å². The van der Waals surface area contributed by atoms with Crippen molar-refractivity contribution in [2.24, 2.45) is 0 Å². The molecule has 0 radical (unpaired) electrons. The van der Waals surface area contributed by atoms with Crippen LogP contribution in [0.15, 0.2) is 48.5 Å². The average Bonchev–Trinajstić information content (AvgIpc) is 3.01. The van der Waals surface area contributed by atoms with Gasteiger partial charge in [0, 0.05) is 18.7 Å². The third-order valence-electron chi connectivity index (χ3n) is 4.84. The minimum absolute atomic E-state index is 0.0346. The highest BCUT2D eigenvalue weighted by Gasteiger charge is 2.28. The van der Waals surface area contributed by atoms with E-state index in [4.69, 9.17) is 0 Å². The van der Waals surface area contributed by atoms with Gasteiger partial charge in [-0.3, -0.25) is 9.10 Å². The fourth-order valence-electron chi connectivity index (χ4n) is 3.30. The Morgan fingerprint density at radius 2 is 1.89 bits per heavy atom. The van der Waals surface area contributed by atoms with Crippen LogP contribution in [0.1, 0.15) is 36.8 Å². The quantitative estimate of drug-likeness (QED) is 0.734. The summed E-state index contributed by atoms with van der Waals surface area (Å²) in [5.41, 5.74) is 3.52. The van der Waals surface area contributed by atoms with Gasteiger partial charge in [0.2, 0.25) is 15.9 Å². The van der Waals surface area contributed by atoms with E-state index in [1.54, 1.807) is 12.1 Å². The second-order valence-corrected chi connectivity index (χ2v) is 8.99. The van der Waals surface area contributed by atoms with E-state index in [2.05, 4.69) is 17.4 Å². The van der Waals surface area contributed by atoms with Gasteiger partial charge in [0.1, 0.15) is 0 Å². The van der Waals surface area contributed by atoms with Crippen LogP contribution in [0.3, 0.4) is 0 Å². The number of aryl methyl sites for hydroxylation is 2. The fourth-order valence-corrected chi connectivity index (χ4v) is 4.86. The number of hydrogen-bond donors (Lipinski definition) is 1. The summed E-state index contributed by atoms with van der Waals surface area (Å²) in [5.74, 6) is 0.150. The fraction of sp³-hybridized carbons (Fsp3) is 0.381. The van der Waals surface area contributed by atoms with Crippen LogP contribution in [-0.4, -0.2) is 26.6 Å². The van der Waals surface area contributed by atoms with Gasteiger partial charge in [-0.25, -0.2) is 8.42 Å². The monoisotopic (exact) mass is 386 g/mol. The van der Waals surface area contributed by atoms with Crippen LogP contribution in [0.2, 0.25) is 0 Å². The summed E-state index contributed by atoms with van der Waals surface area (Å²) < 4.78 is 25.7. The van der Waals surface area contributed by atoms with Gasteiger partial charge in [-0.15, -0.1) is 0 Å². The molecule has 1 saturated heterocycles. The molecule has 1 fully saturated rings. The van der Waals surface area contributed by atoms with Gasteiger partial charge >= 0.3 is 0 Å². The molecule has 0 atom stereocenters. The lowest BCUT2D eigenvalue weighted by atomic mass is 10.1. The number of sulfonamides is 1. The Bertz CT molecular complexity index is 895. The van der Waals surface area contributed by atoms with Crippen molar-refractivity contribution in [1.29, 1.82) is 0 Å². The maximum atomic E-state index is 12.3. The van der Waals surface area contributed by atoms with Crippen molar-refractivity contribution in [3.8, 4) is 0 Å². The summed E-state index contributed by atoms with van der Waals surface area (Å²) in [4.78, 5) is 12.3. The molecule has 0 unspecified atom stereocenters. The predicted octanol–water partition coefficient (Wildman–Crippen LogP) is 3.89. The number of rotatable bonds is 7. The number of nitrogens with one attached hydrogen (secondary N) is 1. The number of nitrogens with zero attached hydrogens (tertiary/aromatic N) is 1. The Morgan fingerprint density at radius 3 is 2.59 bits per heavy atom. The lowest BCUT2D eigenvalue weighted by molar-refractivity contribution is -0.116. The number of carbonyl (C=O) groups excluding carboxylic acids is 1. The maximum absolute atomic E-state index is 12.3. The Hall–Kier alpha value is -2.34. The normalized spacial score (nSPS) is 15.7. The molecule has 0 bridgehead atoms. The lowest BCUT2D eigenvalue weighted by Gasteiger charge is -2.19. The molecule has 1 aliphatic rings. The van der Waals surface area contributed by atoms with Crippen LogP contribution in [0.4, 0.5) is 11.4 Å². The zero-order valence-corrected chi connectivity index (χ0v) is 16.5. The molecule has 0 spiro atoms. The summed E-state index contributed by atoms with van der Waals surface area (Å²) in [7, 11) is -3.22. The molecule has 0 saturated carbocycles. The van der Waals surface area contributed by atoms with Crippen LogP contribution < -0.4 is 9.62 Å². The van der Waals surface area contributed by atoms with Crippen molar-refractivity contribution in [3.63, 3.8) is 0 Å². The molecule has 5 nitrogen and oxygen atoms in total. The van der Waals surface area contributed by atoms with Crippen LogP contribution in [0.25, 0.3) is 0 Å². The largest absolute Gasteiger partial charge is 0.326 e. The van der Waals surface area contributed by atoms with Crippen LogP contribution >= 0.6 is 0 Å². The summed E-state index contributed by atoms with van der Waals surface area (Å²) in [6.45, 7) is 2.41. The topological polar surface area (TPSA) is 66.5 Å². The molecule has 0 aromatic heterocycles. The van der Waals surface area contributed by atoms with E-state index in [1.807, 2.05) is 31.2 Å². The Balaban J connectivity index is 1.55. The lowest BCUT2D eigenvalue weighted by Crippen LogP contribution is -2.25. The van der Waals surface area contributed by atoms with Gasteiger partial charge in [0.15, 0.2) is 0 Å². The third-order valence-corrected chi connectivity index (χ3v) is 6.71. The zero-order valence-electron chi connectivity index (χ0n) is 15.6. The number of unbranched alkanes of at least 4 members (excludes halogenated alkanes) is 1. The van der Waals surface area contributed by atoms with Gasteiger partial charge in [0.25, 0.3) is 0 Å². The summed E-state index contributed by atoms with van der Waals surface area (Å²) >= 11 is 0. The summed E-state index contributed by atoms with van der Waals surface area (Å²) in [5, 5.41) is 2.94. The molecule has 3 rings (SSSR count). The van der Waals surface area contributed by atoms with E-state index < -0.39 is 10.0 Å². The van der Waals surface area contributed by atoms with Crippen molar-refractivity contribution in [2.45, 2.75) is 39.0 Å². The highest BCUT2D eigenvalue weighted by Crippen LogP contribution is 2.28. The van der Waals surface area contributed by atoms with E-state index in [0.29, 0.717) is 30.8 Å². The number of carbonyl (C=O) groups is 1. The van der Waals surface area contributed by atoms with Crippen molar-refractivity contribution < 1.29 is 13.2 Å². The molecule has 2 aromatic rings. The first-order valence-electron chi connectivity index (χ1n) is 9.40. The molecule has 6 heteroatoms. The SMILES string of the molecule is Cc1ccc(N2CCCS2(=O)=O)cc1NC(=O)CCCCc1ccccc1. The highest BCUT2D eigenvalue weighted by molar-refractivity contribution is 7.93. The number of anilines is 2. The maximum Gasteiger partial charge on any atom is 0.235 e. The molecule has 1 amide bonds. The first kappa shape index (κ1) is 19.4. The van der Waals surface area contributed by atoms with Crippen LogP contribution in [0, 0.1) is 6.92 Å². The van der Waals surface area contributed by atoms with Gasteiger partial charge in [-0.1, -0.05) is 36.4 Å². The Labute approximate surface area is 161 Å². The van der Waals surface area contributed by atoms with Crippen molar-refractivity contribution in [3.05, 3.63) is 59.7 Å². The first-order chi connectivity index (χ1) is 13.0. The summed E-state index contributed by atoms with van der Waals surface area (Å²) in [6, 6.07) is 15.7. The van der Waals surface area contributed by atoms with E-state index in [-0.39, 0.29) is 11.7 Å². The minimum Gasteiger partial charge on any atom is -0.326 e. The molecule has 2 aromatic carbocycles. The van der Waals surface area contributed by atoms with Gasteiger partial charge in [-0.05, 0) is 55.9 Å². The second-order valence-electron chi connectivity index (χ2n) is 6.98.